The van der Waals surface area contributed by atoms with Crippen molar-refractivity contribution in [3.63, 3.8) is 0 Å². The zero-order valence-electron chi connectivity index (χ0n) is 13.4. The minimum Gasteiger partial charge on any atom is -0.497 e. The van der Waals surface area contributed by atoms with Crippen molar-refractivity contribution in [1.29, 1.82) is 0 Å². The Kier molecular flexibility index (Phi) is 4.08. The maximum atomic E-state index is 13.2. The number of hydrogen-bond donors (Lipinski definition) is 0. The van der Waals surface area contributed by atoms with E-state index in [1.807, 2.05) is 24.3 Å². The first-order chi connectivity index (χ1) is 9.79. The summed E-state index contributed by atoms with van der Waals surface area (Å²) in [5, 5.41) is 0. The highest BCUT2D eigenvalue weighted by molar-refractivity contribution is 5.38. The molecule has 2 aromatic rings. The summed E-state index contributed by atoms with van der Waals surface area (Å²) in [7, 11) is 1.67. The molecule has 2 aromatic carbocycles. The SMILES string of the molecule is COc1ccc(C(C)(C)C(C)(C)c2ccc(F)cc2)cc1. The van der Waals surface area contributed by atoms with Crippen LogP contribution >= 0.6 is 0 Å². The molecule has 0 saturated heterocycles. The Hall–Kier alpha value is -1.83. The molecule has 2 rings (SSSR count). The van der Waals surface area contributed by atoms with Crippen molar-refractivity contribution in [3.05, 3.63) is 65.5 Å². The zero-order valence-corrected chi connectivity index (χ0v) is 13.4. The molecular formula is C19H23FO. The molecule has 0 N–H and O–H groups in total. The van der Waals surface area contributed by atoms with E-state index in [2.05, 4.69) is 39.8 Å². The van der Waals surface area contributed by atoms with E-state index in [1.54, 1.807) is 7.11 Å². The Morgan fingerprint density at radius 1 is 0.714 bits per heavy atom. The van der Waals surface area contributed by atoms with Crippen LogP contribution in [0.1, 0.15) is 38.8 Å². The van der Waals surface area contributed by atoms with Gasteiger partial charge in [-0.2, -0.15) is 0 Å². The Bertz CT molecular complexity index is 594. The number of ether oxygens (including phenoxy) is 1. The lowest BCUT2D eigenvalue weighted by Crippen LogP contribution is -2.40. The first kappa shape index (κ1) is 15.6. The van der Waals surface area contributed by atoms with Gasteiger partial charge in [-0.15, -0.1) is 0 Å². The van der Waals surface area contributed by atoms with Gasteiger partial charge in [-0.25, -0.2) is 4.39 Å². The first-order valence-corrected chi connectivity index (χ1v) is 7.19. The van der Waals surface area contributed by atoms with Crippen LogP contribution in [0.4, 0.5) is 4.39 Å². The lowest BCUT2D eigenvalue weighted by molar-refractivity contribution is 0.302. The molecule has 0 amide bonds. The lowest BCUT2D eigenvalue weighted by Gasteiger charge is -2.43. The highest BCUT2D eigenvalue weighted by Crippen LogP contribution is 2.43. The fourth-order valence-corrected chi connectivity index (χ4v) is 2.60. The molecule has 0 spiro atoms. The van der Waals surface area contributed by atoms with Crippen molar-refractivity contribution in [2.75, 3.05) is 7.11 Å². The van der Waals surface area contributed by atoms with Crippen LogP contribution in [0.2, 0.25) is 0 Å². The molecule has 0 unspecified atom stereocenters. The second-order valence-electron chi connectivity index (χ2n) is 6.49. The quantitative estimate of drug-likeness (QED) is 0.760. The van der Waals surface area contributed by atoms with Crippen molar-refractivity contribution in [3.8, 4) is 5.75 Å². The number of rotatable bonds is 4. The van der Waals surface area contributed by atoms with E-state index in [-0.39, 0.29) is 16.6 Å². The maximum Gasteiger partial charge on any atom is 0.123 e. The molecule has 0 aliphatic carbocycles. The van der Waals surface area contributed by atoms with Crippen LogP contribution in [0, 0.1) is 5.82 Å². The monoisotopic (exact) mass is 286 g/mol. The molecule has 0 bridgehead atoms. The lowest BCUT2D eigenvalue weighted by atomic mass is 9.61. The van der Waals surface area contributed by atoms with E-state index in [4.69, 9.17) is 4.74 Å². The van der Waals surface area contributed by atoms with Crippen LogP contribution in [0.3, 0.4) is 0 Å². The van der Waals surface area contributed by atoms with Gasteiger partial charge in [-0.1, -0.05) is 52.0 Å². The van der Waals surface area contributed by atoms with Crippen LogP contribution in [0.25, 0.3) is 0 Å². The summed E-state index contributed by atoms with van der Waals surface area (Å²) >= 11 is 0. The van der Waals surface area contributed by atoms with E-state index in [1.165, 1.54) is 17.7 Å². The highest BCUT2D eigenvalue weighted by Gasteiger charge is 2.39. The van der Waals surface area contributed by atoms with Crippen LogP contribution < -0.4 is 4.74 Å². The molecule has 0 fully saturated rings. The third-order valence-electron chi connectivity index (χ3n) is 4.94. The predicted molar refractivity (Wildman–Crippen MR) is 85.4 cm³/mol. The summed E-state index contributed by atoms with van der Waals surface area (Å²) in [6.07, 6.45) is 0. The molecule has 112 valence electrons. The Balaban J connectivity index is 2.41. The van der Waals surface area contributed by atoms with E-state index < -0.39 is 0 Å². The topological polar surface area (TPSA) is 9.23 Å². The number of halogens is 1. The molecule has 0 aliphatic rings. The molecule has 1 nitrogen and oxygen atoms in total. The van der Waals surface area contributed by atoms with Crippen molar-refractivity contribution >= 4 is 0 Å². The van der Waals surface area contributed by atoms with Gasteiger partial charge in [0.2, 0.25) is 0 Å². The second-order valence-corrected chi connectivity index (χ2v) is 6.49. The average molecular weight is 286 g/mol. The van der Waals surface area contributed by atoms with Gasteiger partial charge in [0.05, 0.1) is 7.11 Å². The minimum atomic E-state index is -0.197. The normalized spacial score (nSPS) is 12.3. The molecule has 0 atom stereocenters. The summed E-state index contributed by atoms with van der Waals surface area (Å²) in [5.74, 6) is 0.658. The molecular weight excluding hydrogens is 263 g/mol. The molecule has 0 radical (unpaired) electrons. The van der Waals surface area contributed by atoms with Crippen LogP contribution in [-0.2, 0) is 10.8 Å². The molecule has 0 aliphatic heterocycles. The number of hydrogen-bond acceptors (Lipinski definition) is 1. The fourth-order valence-electron chi connectivity index (χ4n) is 2.60. The Morgan fingerprint density at radius 2 is 1.10 bits per heavy atom. The van der Waals surface area contributed by atoms with Crippen molar-refractivity contribution in [1.82, 2.24) is 0 Å². The molecule has 2 heteroatoms. The van der Waals surface area contributed by atoms with Gasteiger partial charge in [0, 0.05) is 0 Å². The van der Waals surface area contributed by atoms with Crippen LogP contribution in [0.15, 0.2) is 48.5 Å². The predicted octanol–water partition coefficient (Wildman–Crippen LogP) is 5.09. The summed E-state index contributed by atoms with van der Waals surface area (Å²) < 4.78 is 18.4. The summed E-state index contributed by atoms with van der Waals surface area (Å²) in [6.45, 7) is 8.84. The van der Waals surface area contributed by atoms with Crippen molar-refractivity contribution in [2.45, 2.75) is 38.5 Å². The summed E-state index contributed by atoms with van der Waals surface area (Å²) in [6, 6.07) is 15.0. The molecule has 0 saturated carbocycles. The summed E-state index contributed by atoms with van der Waals surface area (Å²) in [5.41, 5.74) is 2.13. The van der Waals surface area contributed by atoms with Crippen LogP contribution in [0.5, 0.6) is 5.75 Å². The van der Waals surface area contributed by atoms with Gasteiger partial charge in [-0.3, -0.25) is 0 Å². The molecule has 0 aromatic heterocycles. The highest BCUT2D eigenvalue weighted by atomic mass is 19.1. The molecule has 0 heterocycles. The number of methoxy groups -OCH3 is 1. The third-order valence-corrected chi connectivity index (χ3v) is 4.94. The van der Waals surface area contributed by atoms with E-state index >= 15 is 0 Å². The average Bonchev–Trinajstić information content (AvgIpc) is 2.47. The van der Waals surface area contributed by atoms with Crippen LogP contribution in [-0.4, -0.2) is 7.11 Å². The van der Waals surface area contributed by atoms with Gasteiger partial charge in [0.15, 0.2) is 0 Å². The number of benzene rings is 2. The fraction of sp³-hybridized carbons (Fsp3) is 0.368. The standard InChI is InChI=1S/C19H23FO/c1-18(2,14-6-10-16(20)11-7-14)19(3,4)15-8-12-17(21-5)13-9-15/h6-13H,1-5H3. The van der Waals surface area contributed by atoms with Gasteiger partial charge < -0.3 is 4.74 Å². The Labute approximate surface area is 126 Å². The minimum absolute atomic E-state index is 0.100. The van der Waals surface area contributed by atoms with Gasteiger partial charge in [0.25, 0.3) is 0 Å². The third kappa shape index (κ3) is 2.80. The maximum absolute atomic E-state index is 13.2. The smallest absolute Gasteiger partial charge is 0.123 e. The Morgan fingerprint density at radius 3 is 1.48 bits per heavy atom. The second kappa shape index (κ2) is 5.51. The molecule has 21 heavy (non-hydrogen) atoms. The largest absolute Gasteiger partial charge is 0.497 e. The van der Waals surface area contributed by atoms with E-state index in [0.29, 0.717) is 0 Å². The van der Waals surface area contributed by atoms with Gasteiger partial charge in [0.1, 0.15) is 11.6 Å². The van der Waals surface area contributed by atoms with Crippen molar-refractivity contribution in [2.24, 2.45) is 0 Å². The zero-order chi connectivity index (χ0) is 15.7. The van der Waals surface area contributed by atoms with E-state index in [9.17, 15) is 4.39 Å². The van der Waals surface area contributed by atoms with E-state index in [0.717, 1.165) is 11.3 Å². The van der Waals surface area contributed by atoms with Gasteiger partial charge in [-0.05, 0) is 46.2 Å². The van der Waals surface area contributed by atoms with Gasteiger partial charge >= 0.3 is 0 Å². The summed E-state index contributed by atoms with van der Waals surface area (Å²) in [4.78, 5) is 0. The first-order valence-electron chi connectivity index (χ1n) is 7.19. The van der Waals surface area contributed by atoms with Crippen molar-refractivity contribution < 1.29 is 9.13 Å².